The number of rotatable bonds is 10. The number of carbonyl (C=O) groups excluding carboxylic acids is 1. The molecule has 1 saturated carbocycles. The molecule has 31 heavy (non-hydrogen) atoms. The summed E-state index contributed by atoms with van der Waals surface area (Å²) in [5.74, 6) is 1.89. The maximum Gasteiger partial charge on any atom is 0.279 e. The molecule has 160 valence electrons. The highest BCUT2D eigenvalue weighted by atomic mass is 35.5. The quantitative estimate of drug-likeness (QED) is 0.458. The van der Waals surface area contributed by atoms with Crippen molar-refractivity contribution < 1.29 is 14.3 Å². The summed E-state index contributed by atoms with van der Waals surface area (Å²) in [6, 6.07) is 10.9. The lowest BCUT2D eigenvalue weighted by Crippen LogP contribution is -2.25. The van der Waals surface area contributed by atoms with Crippen LogP contribution in [-0.2, 0) is 11.2 Å². The minimum atomic E-state index is -0.0733. The third kappa shape index (κ3) is 6.80. The number of nitrogens with one attached hydrogen (secondary N) is 1. The highest BCUT2D eigenvalue weighted by molar-refractivity contribution is 7.14. The molecule has 0 saturated heterocycles. The Kier molecular flexibility index (Phi) is 7.17. The van der Waals surface area contributed by atoms with Crippen LogP contribution in [-0.4, -0.2) is 29.0 Å². The molecule has 0 unspecified atom stereocenters. The summed E-state index contributed by atoms with van der Waals surface area (Å²) in [6.07, 6.45) is 9.90. The molecule has 6 nitrogen and oxygen atoms in total. The average molecular weight is 456 g/mol. The highest BCUT2D eigenvalue weighted by Gasteiger charge is 2.22. The third-order valence-electron chi connectivity index (χ3n) is 4.55. The van der Waals surface area contributed by atoms with Gasteiger partial charge in [0.25, 0.3) is 5.19 Å². The fourth-order valence-electron chi connectivity index (χ4n) is 2.72. The summed E-state index contributed by atoms with van der Waals surface area (Å²) >= 11 is 7.71. The summed E-state index contributed by atoms with van der Waals surface area (Å²) in [4.78, 5) is 21.3. The minimum Gasteiger partial charge on any atom is -0.493 e. The van der Waals surface area contributed by atoms with E-state index in [9.17, 15) is 4.79 Å². The van der Waals surface area contributed by atoms with Crippen LogP contribution in [0.5, 0.6) is 16.7 Å². The Bertz CT molecular complexity index is 1050. The van der Waals surface area contributed by atoms with E-state index in [2.05, 4.69) is 15.3 Å². The van der Waals surface area contributed by atoms with Crippen LogP contribution >= 0.6 is 22.9 Å². The number of hydrogen-bond donors (Lipinski definition) is 1. The molecule has 2 heterocycles. The Balaban J connectivity index is 1.23. The van der Waals surface area contributed by atoms with Gasteiger partial charge in [-0.2, -0.15) is 0 Å². The summed E-state index contributed by atoms with van der Waals surface area (Å²) < 4.78 is 11.5. The molecule has 0 spiro atoms. The van der Waals surface area contributed by atoms with Crippen molar-refractivity contribution in [3.05, 3.63) is 70.5 Å². The summed E-state index contributed by atoms with van der Waals surface area (Å²) in [6.45, 7) is 1.16. The second-order valence-electron chi connectivity index (χ2n) is 7.18. The normalized spacial score (nSPS) is 13.3. The molecule has 1 amide bonds. The first-order valence-electron chi connectivity index (χ1n) is 10.0. The minimum absolute atomic E-state index is 0.0733. The van der Waals surface area contributed by atoms with Crippen molar-refractivity contribution in [3.63, 3.8) is 0 Å². The second-order valence-corrected chi connectivity index (χ2v) is 8.61. The van der Waals surface area contributed by atoms with Gasteiger partial charge in [0.05, 0.1) is 22.9 Å². The molecule has 0 bridgehead atoms. The smallest absolute Gasteiger partial charge is 0.279 e. The Morgan fingerprint density at radius 3 is 2.94 bits per heavy atom. The van der Waals surface area contributed by atoms with E-state index < -0.39 is 0 Å². The van der Waals surface area contributed by atoms with E-state index in [1.807, 2.05) is 36.4 Å². The number of benzene rings is 1. The zero-order valence-corrected chi connectivity index (χ0v) is 18.4. The molecular formula is C23H22ClN3O3S. The van der Waals surface area contributed by atoms with Crippen LogP contribution in [0.25, 0.3) is 6.08 Å². The Morgan fingerprint density at radius 2 is 2.16 bits per heavy atom. The predicted octanol–water partition coefficient (Wildman–Crippen LogP) is 5.14. The first-order chi connectivity index (χ1) is 15.2. The van der Waals surface area contributed by atoms with Crippen molar-refractivity contribution in [1.82, 2.24) is 15.3 Å². The number of aromatic nitrogens is 2. The van der Waals surface area contributed by atoms with Crippen LogP contribution in [0.2, 0.25) is 5.02 Å². The van der Waals surface area contributed by atoms with Gasteiger partial charge in [0.15, 0.2) is 0 Å². The number of carbonyl (C=O) groups is 1. The maximum atomic E-state index is 11.9. The first-order valence-corrected chi connectivity index (χ1v) is 11.2. The predicted molar refractivity (Wildman–Crippen MR) is 122 cm³/mol. The molecule has 0 radical (unpaired) electrons. The molecule has 1 N–H and O–H groups in total. The van der Waals surface area contributed by atoms with Gasteiger partial charge in [0.1, 0.15) is 11.5 Å². The van der Waals surface area contributed by atoms with Crippen molar-refractivity contribution in [1.29, 1.82) is 0 Å². The number of amides is 1. The van der Waals surface area contributed by atoms with Crippen LogP contribution in [0.15, 0.2) is 54.9 Å². The van der Waals surface area contributed by atoms with Gasteiger partial charge in [-0.05, 0) is 49.1 Å². The molecule has 4 rings (SSSR count). The van der Waals surface area contributed by atoms with E-state index in [0.717, 1.165) is 22.9 Å². The molecule has 8 heteroatoms. The monoisotopic (exact) mass is 455 g/mol. The van der Waals surface area contributed by atoms with Crippen LogP contribution in [0.4, 0.5) is 0 Å². The molecule has 2 aromatic heterocycles. The summed E-state index contributed by atoms with van der Waals surface area (Å²) in [7, 11) is 0. The number of halogens is 1. The van der Waals surface area contributed by atoms with Crippen molar-refractivity contribution in [3.8, 4) is 16.7 Å². The van der Waals surface area contributed by atoms with Gasteiger partial charge in [0.2, 0.25) is 5.91 Å². The standard InChI is InChI=1S/C23H22ClN3O3S/c24-20-13-18(29-15-16-6-7-16)8-9-21(20)30-23-27-14-19(31-23)5-3-11-26-22(28)12-17-4-1-2-10-25-17/h1-5,8-10,13-14,16H,6-7,11-12,15H2,(H,26,28)/b5-3+. The lowest BCUT2D eigenvalue weighted by Gasteiger charge is -2.08. The Labute approximate surface area is 189 Å². The molecule has 0 atom stereocenters. The van der Waals surface area contributed by atoms with Crippen molar-refractivity contribution in [2.45, 2.75) is 19.3 Å². The van der Waals surface area contributed by atoms with Crippen LogP contribution in [0.1, 0.15) is 23.4 Å². The van der Waals surface area contributed by atoms with Gasteiger partial charge >= 0.3 is 0 Å². The number of thiazole rings is 1. The van der Waals surface area contributed by atoms with E-state index in [0.29, 0.717) is 28.4 Å². The lowest BCUT2D eigenvalue weighted by molar-refractivity contribution is -0.120. The number of nitrogens with zero attached hydrogens (tertiary/aromatic N) is 2. The molecule has 0 aliphatic heterocycles. The largest absolute Gasteiger partial charge is 0.493 e. The summed E-state index contributed by atoms with van der Waals surface area (Å²) in [5.41, 5.74) is 0.745. The lowest BCUT2D eigenvalue weighted by atomic mass is 10.2. The highest BCUT2D eigenvalue weighted by Crippen LogP contribution is 2.35. The second kappa shape index (κ2) is 10.4. The van der Waals surface area contributed by atoms with Crippen molar-refractivity contribution in [2.24, 2.45) is 5.92 Å². The van der Waals surface area contributed by atoms with Crippen LogP contribution in [0, 0.1) is 5.92 Å². The van der Waals surface area contributed by atoms with Crippen molar-refractivity contribution in [2.75, 3.05) is 13.2 Å². The van der Waals surface area contributed by atoms with Gasteiger partial charge < -0.3 is 14.8 Å². The van der Waals surface area contributed by atoms with E-state index in [1.165, 1.54) is 24.2 Å². The zero-order chi connectivity index (χ0) is 21.5. The third-order valence-corrected chi connectivity index (χ3v) is 5.69. The maximum absolute atomic E-state index is 11.9. The van der Waals surface area contributed by atoms with Crippen molar-refractivity contribution >= 4 is 34.9 Å². The van der Waals surface area contributed by atoms with E-state index in [1.54, 1.807) is 24.5 Å². The van der Waals surface area contributed by atoms with Gasteiger partial charge in [-0.3, -0.25) is 9.78 Å². The zero-order valence-electron chi connectivity index (χ0n) is 16.8. The van der Waals surface area contributed by atoms with E-state index in [4.69, 9.17) is 21.1 Å². The fourth-order valence-corrected chi connectivity index (χ4v) is 3.64. The fraction of sp³-hybridized carbons (Fsp3) is 0.261. The molecule has 1 aliphatic rings. The molecule has 1 fully saturated rings. The summed E-state index contributed by atoms with van der Waals surface area (Å²) in [5, 5.41) is 3.82. The molecule has 3 aromatic rings. The van der Waals surface area contributed by atoms with Gasteiger partial charge in [0, 0.05) is 30.7 Å². The SMILES string of the molecule is O=C(Cc1ccccn1)NC/C=C/c1cnc(Oc2ccc(OCC3CC3)cc2Cl)s1. The van der Waals surface area contributed by atoms with Gasteiger partial charge in [-0.15, -0.1) is 0 Å². The average Bonchev–Trinajstić information content (AvgIpc) is 3.50. The molecule has 1 aliphatic carbocycles. The van der Waals surface area contributed by atoms with E-state index in [-0.39, 0.29) is 12.3 Å². The first kappa shape index (κ1) is 21.3. The van der Waals surface area contributed by atoms with Gasteiger partial charge in [-0.25, -0.2) is 4.98 Å². The van der Waals surface area contributed by atoms with E-state index >= 15 is 0 Å². The Morgan fingerprint density at radius 1 is 1.26 bits per heavy atom. The topological polar surface area (TPSA) is 73.3 Å². The van der Waals surface area contributed by atoms with Crippen LogP contribution in [0.3, 0.4) is 0 Å². The molecule has 1 aromatic carbocycles. The molecular weight excluding hydrogens is 434 g/mol. The number of ether oxygens (including phenoxy) is 2. The number of pyridine rings is 1. The van der Waals surface area contributed by atoms with Crippen LogP contribution < -0.4 is 14.8 Å². The Hall–Kier alpha value is -2.90. The number of hydrogen-bond acceptors (Lipinski definition) is 6. The van der Waals surface area contributed by atoms with Gasteiger partial charge in [-0.1, -0.05) is 35.1 Å².